The number of carbonyl (C=O) groups is 1. The number of alkyl halides is 2. The molecule has 1 aromatic carbocycles. The predicted octanol–water partition coefficient (Wildman–Crippen LogP) is 1.75. The number of anilines is 1. The van der Waals surface area contributed by atoms with Crippen LogP contribution in [-0.2, 0) is 14.6 Å². The van der Waals surface area contributed by atoms with Gasteiger partial charge < -0.3 is 11.1 Å². The topological polar surface area (TPSA) is 89.3 Å². The van der Waals surface area contributed by atoms with Gasteiger partial charge >= 0.3 is 5.76 Å². The normalized spacial score (nSPS) is 22.5. The second-order valence-corrected chi connectivity index (χ2v) is 7.01. The van der Waals surface area contributed by atoms with Gasteiger partial charge in [0.15, 0.2) is 0 Å². The van der Waals surface area contributed by atoms with Crippen LogP contribution in [0.25, 0.3) is 0 Å². The fourth-order valence-corrected chi connectivity index (χ4v) is 3.12. The molecule has 1 amide bonds. The number of hydrogen-bond acceptors (Lipinski definition) is 4. The van der Waals surface area contributed by atoms with E-state index in [-0.39, 0.29) is 23.6 Å². The summed E-state index contributed by atoms with van der Waals surface area (Å²) < 4.78 is 47.8. The lowest BCUT2D eigenvalue weighted by Crippen LogP contribution is -2.23. The molecule has 116 valence electrons. The molecule has 0 aliphatic heterocycles. The lowest BCUT2D eigenvalue weighted by Gasteiger charge is -2.12. The van der Waals surface area contributed by atoms with Crippen LogP contribution in [0.1, 0.15) is 19.3 Å². The van der Waals surface area contributed by atoms with Crippen molar-refractivity contribution >= 4 is 21.4 Å². The third-order valence-corrected chi connectivity index (χ3v) is 4.89. The summed E-state index contributed by atoms with van der Waals surface area (Å²) in [4.78, 5) is 11.5. The summed E-state index contributed by atoms with van der Waals surface area (Å²) in [5.41, 5.74) is 5.91. The standard InChI is InChI=1S/C13H16F2N2O3S/c14-13(15)21(19,20)11-3-1-2-10(7-11)17-12(18)8-4-5-9(16)6-8/h1-3,7-9,13H,4-6,16H2,(H,17,18). The highest BCUT2D eigenvalue weighted by Gasteiger charge is 2.29. The first-order valence-corrected chi connectivity index (χ1v) is 8.04. The van der Waals surface area contributed by atoms with Gasteiger partial charge in [0, 0.05) is 17.6 Å². The van der Waals surface area contributed by atoms with E-state index in [2.05, 4.69) is 5.32 Å². The van der Waals surface area contributed by atoms with E-state index in [4.69, 9.17) is 5.73 Å². The van der Waals surface area contributed by atoms with E-state index in [1.807, 2.05) is 0 Å². The second kappa shape index (κ2) is 6.07. The zero-order valence-electron chi connectivity index (χ0n) is 11.1. The molecular weight excluding hydrogens is 302 g/mol. The highest BCUT2D eigenvalue weighted by molar-refractivity contribution is 7.91. The summed E-state index contributed by atoms with van der Waals surface area (Å²) in [7, 11) is -4.67. The minimum Gasteiger partial charge on any atom is -0.328 e. The smallest absolute Gasteiger partial charge is 0.328 e. The highest BCUT2D eigenvalue weighted by Crippen LogP contribution is 2.26. The van der Waals surface area contributed by atoms with Gasteiger partial charge in [0.25, 0.3) is 0 Å². The Labute approximate surface area is 121 Å². The fraction of sp³-hybridized carbons (Fsp3) is 0.462. The van der Waals surface area contributed by atoms with Gasteiger partial charge in [-0.15, -0.1) is 0 Å². The van der Waals surface area contributed by atoms with Crippen LogP contribution < -0.4 is 11.1 Å². The minimum absolute atomic E-state index is 0.00806. The molecule has 1 fully saturated rings. The number of sulfone groups is 1. The predicted molar refractivity (Wildman–Crippen MR) is 73.6 cm³/mol. The van der Waals surface area contributed by atoms with Crippen molar-refractivity contribution in [3.63, 3.8) is 0 Å². The first-order valence-electron chi connectivity index (χ1n) is 6.49. The van der Waals surface area contributed by atoms with Crippen molar-refractivity contribution < 1.29 is 22.0 Å². The number of nitrogens with two attached hydrogens (primary N) is 1. The molecule has 1 aliphatic rings. The van der Waals surface area contributed by atoms with E-state index in [1.165, 1.54) is 12.1 Å². The molecule has 1 saturated carbocycles. The summed E-state index contributed by atoms with van der Waals surface area (Å²) in [5.74, 6) is -3.99. The zero-order valence-corrected chi connectivity index (χ0v) is 11.9. The van der Waals surface area contributed by atoms with Gasteiger partial charge in [0.1, 0.15) is 0 Å². The monoisotopic (exact) mass is 318 g/mol. The Bertz CT molecular complexity index is 634. The first-order chi connectivity index (χ1) is 9.80. The van der Waals surface area contributed by atoms with Gasteiger partial charge in [-0.3, -0.25) is 4.79 Å². The number of carbonyl (C=O) groups excluding carboxylic acids is 1. The third-order valence-electron chi connectivity index (χ3n) is 3.51. The fourth-order valence-electron chi connectivity index (χ4n) is 2.35. The average Bonchev–Trinajstić information content (AvgIpc) is 2.85. The molecule has 0 aromatic heterocycles. The molecule has 0 saturated heterocycles. The highest BCUT2D eigenvalue weighted by atomic mass is 32.2. The van der Waals surface area contributed by atoms with Crippen molar-refractivity contribution in [3.8, 4) is 0 Å². The molecular formula is C13H16F2N2O3S. The van der Waals surface area contributed by atoms with Crippen molar-refractivity contribution in [2.45, 2.75) is 36.0 Å². The molecule has 5 nitrogen and oxygen atoms in total. The van der Waals surface area contributed by atoms with Crippen molar-refractivity contribution in [3.05, 3.63) is 24.3 Å². The van der Waals surface area contributed by atoms with E-state index in [9.17, 15) is 22.0 Å². The zero-order chi connectivity index (χ0) is 15.6. The Morgan fingerprint density at radius 1 is 1.33 bits per heavy atom. The molecule has 8 heteroatoms. The second-order valence-electron chi connectivity index (χ2n) is 5.09. The van der Waals surface area contributed by atoms with Crippen LogP contribution in [0.4, 0.5) is 14.5 Å². The van der Waals surface area contributed by atoms with Crippen LogP contribution >= 0.6 is 0 Å². The van der Waals surface area contributed by atoms with Gasteiger partial charge in [-0.25, -0.2) is 8.42 Å². The van der Waals surface area contributed by atoms with Crippen LogP contribution in [0, 0.1) is 5.92 Å². The maximum atomic E-state index is 12.5. The number of amides is 1. The Morgan fingerprint density at radius 2 is 2.05 bits per heavy atom. The van der Waals surface area contributed by atoms with Gasteiger partial charge in [-0.2, -0.15) is 8.78 Å². The number of nitrogens with one attached hydrogen (secondary N) is 1. The molecule has 0 heterocycles. The molecule has 2 unspecified atom stereocenters. The number of halogens is 2. The Hall–Kier alpha value is -1.54. The van der Waals surface area contributed by atoms with Crippen molar-refractivity contribution in [2.24, 2.45) is 11.7 Å². The average molecular weight is 318 g/mol. The summed E-state index contributed by atoms with van der Waals surface area (Å²) in [6.07, 6.45) is 2.00. The van der Waals surface area contributed by atoms with Crippen LogP contribution in [-0.4, -0.2) is 26.1 Å². The van der Waals surface area contributed by atoms with Gasteiger partial charge in [-0.05, 0) is 37.5 Å². The van der Waals surface area contributed by atoms with E-state index in [1.54, 1.807) is 0 Å². The lowest BCUT2D eigenvalue weighted by atomic mass is 10.1. The number of rotatable bonds is 4. The molecule has 2 rings (SSSR count). The summed E-state index contributed by atoms with van der Waals surface area (Å²) in [6.45, 7) is 0. The molecule has 3 N–H and O–H groups in total. The van der Waals surface area contributed by atoms with Crippen molar-refractivity contribution in [1.29, 1.82) is 0 Å². The Balaban J connectivity index is 2.13. The number of benzene rings is 1. The SMILES string of the molecule is NC1CCC(C(=O)Nc2cccc(S(=O)(=O)C(F)F)c2)C1. The summed E-state index contributed by atoms with van der Waals surface area (Å²) >= 11 is 0. The maximum absolute atomic E-state index is 12.5. The van der Waals surface area contributed by atoms with E-state index in [0.29, 0.717) is 12.8 Å². The lowest BCUT2D eigenvalue weighted by molar-refractivity contribution is -0.119. The number of hydrogen-bond donors (Lipinski definition) is 2. The summed E-state index contributed by atoms with van der Waals surface area (Å²) in [6, 6.07) is 4.87. The van der Waals surface area contributed by atoms with Gasteiger partial charge in [0.05, 0.1) is 4.90 Å². The van der Waals surface area contributed by atoms with Crippen LogP contribution in [0.3, 0.4) is 0 Å². The van der Waals surface area contributed by atoms with Crippen LogP contribution in [0.15, 0.2) is 29.2 Å². The van der Waals surface area contributed by atoms with Crippen LogP contribution in [0.5, 0.6) is 0 Å². The minimum atomic E-state index is -4.67. The molecule has 0 radical (unpaired) electrons. The molecule has 1 aromatic rings. The summed E-state index contributed by atoms with van der Waals surface area (Å²) in [5, 5.41) is 2.55. The van der Waals surface area contributed by atoms with E-state index in [0.717, 1.165) is 18.6 Å². The quantitative estimate of drug-likeness (QED) is 0.885. The maximum Gasteiger partial charge on any atom is 0.341 e. The Morgan fingerprint density at radius 3 is 2.62 bits per heavy atom. The van der Waals surface area contributed by atoms with Crippen molar-refractivity contribution in [2.75, 3.05) is 5.32 Å². The Kier molecular flexibility index (Phi) is 4.58. The van der Waals surface area contributed by atoms with Gasteiger partial charge in [-0.1, -0.05) is 6.07 Å². The van der Waals surface area contributed by atoms with Crippen LogP contribution in [0.2, 0.25) is 0 Å². The molecule has 0 spiro atoms. The van der Waals surface area contributed by atoms with Gasteiger partial charge in [0.2, 0.25) is 15.7 Å². The first kappa shape index (κ1) is 15.8. The third kappa shape index (κ3) is 3.56. The molecule has 1 aliphatic carbocycles. The molecule has 2 atom stereocenters. The van der Waals surface area contributed by atoms with E-state index >= 15 is 0 Å². The van der Waals surface area contributed by atoms with E-state index < -0.39 is 20.5 Å². The largest absolute Gasteiger partial charge is 0.341 e. The van der Waals surface area contributed by atoms with Crippen molar-refractivity contribution in [1.82, 2.24) is 0 Å². The molecule has 0 bridgehead atoms. The molecule has 21 heavy (non-hydrogen) atoms.